The zero-order chi connectivity index (χ0) is 18.3. The van der Waals surface area contributed by atoms with E-state index in [1.165, 1.54) is 12.8 Å². The van der Waals surface area contributed by atoms with Crippen LogP contribution in [0.25, 0.3) is 0 Å². The van der Waals surface area contributed by atoms with Crippen molar-refractivity contribution in [3.8, 4) is 0 Å². The zero-order valence-electron chi connectivity index (χ0n) is 15.3. The number of aromatic nitrogens is 2. The lowest BCUT2D eigenvalue weighted by molar-refractivity contribution is -0.137. The second kappa shape index (κ2) is 6.85. The van der Waals surface area contributed by atoms with Crippen molar-refractivity contribution in [2.75, 3.05) is 26.7 Å². The summed E-state index contributed by atoms with van der Waals surface area (Å²) in [5.41, 5.74) is 0.993. The molecule has 26 heavy (non-hydrogen) atoms. The molecule has 140 valence electrons. The number of likely N-dealkylation sites (tertiary alicyclic amines) is 2. The van der Waals surface area contributed by atoms with Crippen molar-refractivity contribution in [1.29, 1.82) is 0 Å². The van der Waals surface area contributed by atoms with Crippen LogP contribution in [-0.2, 0) is 16.1 Å². The second-order valence-electron chi connectivity index (χ2n) is 8.00. The van der Waals surface area contributed by atoms with Crippen LogP contribution in [0.4, 0.5) is 0 Å². The molecule has 1 unspecified atom stereocenters. The van der Waals surface area contributed by atoms with Crippen LogP contribution in [-0.4, -0.2) is 58.1 Å². The van der Waals surface area contributed by atoms with Gasteiger partial charge in [-0.15, -0.1) is 0 Å². The SMILES string of the molecule is CN1CC(C(=O)N2CCC(Cn3nc(C4CC4)ccc3=O)CC2)CC1=O. The summed E-state index contributed by atoms with van der Waals surface area (Å²) in [7, 11) is 1.75. The monoisotopic (exact) mass is 358 g/mol. The Morgan fingerprint density at radius 3 is 2.50 bits per heavy atom. The highest BCUT2D eigenvalue weighted by Gasteiger charge is 2.36. The van der Waals surface area contributed by atoms with Gasteiger partial charge in [-0.1, -0.05) is 0 Å². The first-order chi connectivity index (χ1) is 12.5. The van der Waals surface area contributed by atoms with Gasteiger partial charge in [-0.3, -0.25) is 14.4 Å². The molecule has 2 aliphatic heterocycles. The molecule has 0 N–H and O–H groups in total. The van der Waals surface area contributed by atoms with Crippen molar-refractivity contribution in [2.24, 2.45) is 11.8 Å². The van der Waals surface area contributed by atoms with E-state index in [2.05, 4.69) is 5.10 Å². The molecular formula is C19H26N4O3. The van der Waals surface area contributed by atoms with E-state index in [1.807, 2.05) is 11.0 Å². The van der Waals surface area contributed by atoms with Gasteiger partial charge < -0.3 is 9.80 Å². The van der Waals surface area contributed by atoms with E-state index in [0.29, 0.717) is 44.4 Å². The van der Waals surface area contributed by atoms with Gasteiger partial charge in [0.05, 0.1) is 11.6 Å². The molecule has 7 heteroatoms. The minimum atomic E-state index is -0.191. The van der Waals surface area contributed by atoms with Gasteiger partial charge in [-0.25, -0.2) is 4.68 Å². The highest BCUT2D eigenvalue weighted by atomic mass is 16.2. The number of nitrogens with zero attached hydrogens (tertiary/aromatic N) is 4. The third-order valence-electron chi connectivity index (χ3n) is 5.93. The van der Waals surface area contributed by atoms with Gasteiger partial charge >= 0.3 is 0 Å². The van der Waals surface area contributed by atoms with Gasteiger partial charge in [0.1, 0.15) is 0 Å². The van der Waals surface area contributed by atoms with Crippen LogP contribution in [0.2, 0.25) is 0 Å². The first-order valence-corrected chi connectivity index (χ1v) is 9.62. The standard InChI is InChI=1S/C19H26N4O3/c1-21-12-15(10-18(21)25)19(26)22-8-6-13(7-9-22)11-23-17(24)5-4-16(20-23)14-2-3-14/h4-5,13-15H,2-3,6-12H2,1H3. The molecule has 1 atom stereocenters. The molecule has 3 aliphatic rings. The molecule has 3 fully saturated rings. The van der Waals surface area contributed by atoms with Gasteiger partial charge in [0.15, 0.2) is 0 Å². The predicted molar refractivity (Wildman–Crippen MR) is 95.5 cm³/mol. The van der Waals surface area contributed by atoms with Crippen molar-refractivity contribution in [3.63, 3.8) is 0 Å². The minimum absolute atomic E-state index is 0.0413. The van der Waals surface area contributed by atoms with Crippen LogP contribution in [0, 0.1) is 11.8 Å². The van der Waals surface area contributed by atoms with Crippen LogP contribution in [0.5, 0.6) is 0 Å². The highest BCUT2D eigenvalue weighted by molar-refractivity contribution is 5.89. The van der Waals surface area contributed by atoms with E-state index in [9.17, 15) is 14.4 Å². The fourth-order valence-corrected chi connectivity index (χ4v) is 4.06. The number of hydrogen-bond donors (Lipinski definition) is 0. The first kappa shape index (κ1) is 17.2. The molecule has 1 saturated carbocycles. The summed E-state index contributed by atoms with van der Waals surface area (Å²) in [5.74, 6) is 0.870. The Morgan fingerprint density at radius 1 is 1.15 bits per heavy atom. The Hall–Kier alpha value is -2.18. The molecule has 0 spiro atoms. The van der Waals surface area contributed by atoms with E-state index >= 15 is 0 Å². The quantitative estimate of drug-likeness (QED) is 0.799. The minimum Gasteiger partial charge on any atom is -0.345 e. The lowest BCUT2D eigenvalue weighted by atomic mass is 9.95. The normalized spacial score (nSPS) is 24.3. The lowest BCUT2D eigenvalue weighted by Gasteiger charge is -2.33. The van der Waals surface area contributed by atoms with Crippen LogP contribution < -0.4 is 5.56 Å². The summed E-state index contributed by atoms with van der Waals surface area (Å²) in [5, 5.41) is 4.54. The summed E-state index contributed by atoms with van der Waals surface area (Å²) in [6, 6.07) is 3.49. The van der Waals surface area contributed by atoms with Gasteiger partial charge in [0, 0.05) is 51.6 Å². The Labute approximate surface area is 153 Å². The van der Waals surface area contributed by atoms with Gasteiger partial charge in [0.25, 0.3) is 5.56 Å². The van der Waals surface area contributed by atoms with E-state index in [0.717, 1.165) is 18.5 Å². The van der Waals surface area contributed by atoms with E-state index in [1.54, 1.807) is 22.7 Å². The Balaban J connectivity index is 1.33. The smallest absolute Gasteiger partial charge is 0.266 e. The summed E-state index contributed by atoms with van der Waals surface area (Å²) in [6.07, 6.45) is 4.44. The first-order valence-electron chi connectivity index (χ1n) is 9.62. The third-order valence-corrected chi connectivity index (χ3v) is 5.93. The predicted octanol–water partition coefficient (Wildman–Crippen LogP) is 0.838. The summed E-state index contributed by atoms with van der Waals surface area (Å²) >= 11 is 0. The second-order valence-corrected chi connectivity index (χ2v) is 8.00. The van der Waals surface area contributed by atoms with E-state index < -0.39 is 0 Å². The Morgan fingerprint density at radius 2 is 1.88 bits per heavy atom. The number of rotatable bonds is 4. The van der Waals surface area contributed by atoms with Crippen molar-refractivity contribution in [1.82, 2.24) is 19.6 Å². The van der Waals surface area contributed by atoms with Gasteiger partial charge in [0.2, 0.25) is 11.8 Å². The van der Waals surface area contributed by atoms with E-state index in [4.69, 9.17) is 0 Å². The molecule has 1 aliphatic carbocycles. The van der Waals surface area contributed by atoms with Crippen LogP contribution in [0.3, 0.4) is 0 Å². The summed E-state index contributed by atoms with van der Waals surface area (Å²) < 4.78 is 1.61. The lowest BCUT2D eigenvalue weighted by Crippen LogP contribution is -2.43. The molecule has 2 amide bonds. The fourth-order valence-electron chi connectivity index (χ4n) is 4.06. The third kappa shape index (κ3) is 3.52. The molecule has 0 radical (unpaired) electrons. The van der Waals surface area contributed by atoms with E-state index in [-0.39, 0.29) is 23.3 Å². The summed E-state index contributed by atoms with van der Waals surface area (Å²) in [6.45, 7) is 2.57. The maximum Gasteiger partial charge on any atom is 0.266 e. The zero-order valence-corrected chi connectivity index (χ0v) is 15.3. The molecule has 3 heterocycles. The fraction of sp³-hybridized carbons (Fsp3) is 0.684. The van der Waals surface area contributed by atoms with Crippen molar-refractivity contribution >= 4 is 11.8 Å². The number of amides is 2. The molecule has 0 aromatic carbocycles. The molecular weight excluding hydrogens is 332 g/mol. The largest absolute Gasteiger partial charge is 0.345 e. The molecule has 7 nitrogen and oxygen atoms in total. The highest BCUT2D eigenvalue weighted by Crippen LogP contribution is 2.38. The number of carbonyl (C=O) groups excluding carboxylic acids is 2. The molecule has 1 aromatic heterocycles. The molecule has 2 saturated heterocycles. The molecule has 1 aromatic rings. The number of piperidine rings is 1. The van der Waals surface area contributed by atoms with Crippen molar-refractivity contribution in [3.05, 3.63) is 28.2 Å². The van der Waals surface area contributed by atoms with Crippen LogP contribution >= 0.6 is 0 Å². The Bertz CT molecular complexity index is 762. The average Bonchev–Trinajstić information content (AvgIpc) is 3.43. The van der Waals surface area contributed by atoms with Crippen LogP contribution in [0.15, 0.2) is 16.9 Å². The van der Waals surface area contributed by atoms with Crippen molar-refractivity contribution < 1.29 is 9.59 Å². The van der Waals surface area contributed by atoms with Crippen LogP contribution in [0.1, 0.15) is 43.7 Å². The molecule has 0 bridgehead atoms. The van der Waals surface area contributed by atoms with Gasteiger partial charge in [-0.05, 0) is 37.7 Å². The maximum atomic E-state index is 12.6. The topological polar surface area (TPSA) is 75.5 Å². The number of hydrogen-bond acceptors (Lipinski definition) is 4. The molecule has 4 rings (SSSR count). The van der Waals surface area contributed by atoms with Crippen molar-refractivity contribution in [2.45, 2.75) is 44.6 Å². The average molecular weight is 358 g/mol. The summed E-state index contributed by atoms with van der Waals surface area (Å²) in [4.78, 5) is 39.9. The number of carbonyl (C=O) groups is 2. The van der Waals surface area contributed by atoms with Gasteiger partial charge in [-0.2, -0.15) is 5.10 Å². The maximum absolute atomic E-state index is 12.6. The Kier molecular flexibility index (Phi) is 4.54.